The van der Waals surface area contributed by atoms with Crippen LogP contribution in [-0.4, -0.2) is 29.8 Å². The van der Waals surface area contributed by atoms with E-state index < -0.39 is 11.9 Å². The van der Waals surface area contributed by atoms with Gasteiger partial charge in [-0.3, -0.25) is 14.5 Å². The Labute approximate surface area is 139 Å². The molecule has 0 bridgehead atoms. The maximum absolute atomic E-state index is 12.6. The first-order valence-electron chi connectivity index (χ1n) is 7.56. The van der Waals surface area contributed by atoms with E-state index in [2.05, 4.69) is 4.74 Å². The molecule has 6 nitrogen and oxygen atoms in total. The van der Waals surface area contributed by atoms with Crippen molar-refractivity contribution in [3.05, 3.63) is 58.5 Å². The quantitative estimate of drug-likeness (QED) is 0.640. The van der Waals surface area contributed by atoms with Gasteiger partial charge in [0.15, 0.2) is 0 Å². The lowest BCUT2D eigenvalue weighted by atomic mass is 9.90. The van der Waals surface area contributed by atoms with Gasteiger partial charge in [0.05, 0.1) is 19.6 Å². The number of imide groups is 1. The van der Waals surface area contributed by atoms with Gasteiger partial charge in [0, 0.05) is 5.56 Å². The number of aryl methyl sites for hydroxylation is 1. The molecule has 6 heteroatoms. The summed E-state index contributed by atoms with van der Waals surface area (Å²) in [6.45, 7) is 3.38. The van der Waals surface area contributed by atoms with Crippen molar-refractivity contribution in [2.45, 2.75) is 26.3 Å². The highest BCUT2D eigenvalue weighted by Gasteiger charge is 2.36. The Balaban J connectivity index is 1.92. The van der Waals surface area contributed by atoms with Crippen LogP contribution < -0.4 is 0 Å². The van der Waals surface area contributed by atoms with Crippen LogP contribution in [0.2, 0.25) is 0 Å². The molecule has 2 amide bonds. The average molecular weight is 327 g/mol. The third-order valence-electron chi connectivity index (χ3n) is 4.23. The SMILES string of the molecule is COC(=O)c1cc(CN2C(=O)c3ccccc3C(C)C2=O)oc1C. The fourth-order valence-electron chi connectivity index (χ4n) is 2.92. The van der Waals surface area contributed by atoms with Crippen LogP contribution in [0.5, 0.6) is 0 Å². The van der Waals surface area contributed by atoms with Crippen molar-refractivity contribution in [3.63, 3.8) is 0 Å². The molecule has 1 atom stereocenters. The van der Waals surface area contributed by atoms with Gasteiger partial charge in [-0.1, -0.05) is 18.2 Å². The summed E-state index contributed by atoms with van der Waals surface area (Å²) in [6, 6.07) is 8.58. The Morgan fingerprint density at radius 3 is 2.71 bits per heavy atom. The third-order valence-corrected chi connectivity index (χ3v) is 4.23. The summed E-state index contributed by atoms with van der Waals surface area (Å²) in [5.74, 6) is -0.814. The lowest BCUT2D eigenvalue weighted by Gasteiger charge is -2.30. The third kappa shape index (κ3) is 2.50. The molecule has 1 aromatic carbocycles. The second kappa shape index (κ2) is 5.96. The number of nitrogens with zero attached hydrogens (tertiary/aromatic N) is 1. The molecule has 0 saturated heterocycles. The molecule has 1 aromatic heterocycles. The first-order chi connectivity index (χ1) is 11.4. The molecule has 0 saturated carbocycles. The van der Waals surface area contributed by atoms with E-state index in [0.29, 0.717) is 17.1 Å². The van der Waals surface area contributed by atoms with Crippen molar-refractivity contribution < 1.29 is 23.5 Å². The summed E-state index contributed by atoms with van der Waals surface area (Å²) in [5, 5.41) is 0. The predicted octanol–water partition coefficient (Wildman–Crippen LogP) is 2.66. The van der Waals surface area contributed by atoms with Gasteiger partial charge in [-0.2, -0.15) is 0 Å². The first kappa shape index (κ1) is 16.0. The highest BCUT2D eigenvalue weighted by atomic mass is 16.5. The minimum atomic E-state index is -0.516. The van der Waals surface area contributed by atoms with Gasteiger partial charge in [0.25, 0.3) is 5.91 Å². The fraction of sp³-hybridized carbons (Fsp3) is 0.278. The monoisotopic (exact) mass is 327 g/mol. The molecule has 2 aromatic rings. The van der Waals surface area contributed by atoms with Crippen molar-refractivity contribution in [2.75, 3.05) is 7.11 Å². The normalized spacial score (nSPS) is 17.0. The maximum atomic E-state index is 12.6. The molecule has 1 aliphatic rings. The molecule has 0 radical (unpaired) electrons. The van der Waals surface area contributed by atoms with Gasteiger partial charge < -0.3 is 9.15 Å². The van der Waals surface area contributed by atoms with Crippen LogP contribution in [-0.2, 0) is 16.1 Å². The zero-order valence-electron chi connectivity index (χ0n) is 13.7. The molecular formula is C18H17NO5. The second-order valence-electron chi connectivity index (χ2n) is 5.71. The number of hydrogen-bond acceptors (Lipinski definition) is 5. The summed E-state index contributed by atoms with van der Waals surface area (Å²) in [5.41, 5.74) is 1.54. The van der Waals surface area contributed by atoms with Crippen LogP contribution in [0.15, 0.2) is 34.7 Å². The molecule has 1 unspecified atom stereocenters. The molecule has 3 rings (SSSR count). The van der Waals surface area contributed by atoms with Crippen molar-refractivity contribution >= 4 is 17.8 Å². The number of amides is 2. The van der Waals surface area contributed by atoms with E-state index in [4.69, 9.17) is 4.42 Å². The number of fused-ring (bicyclic) bond motifs is 1. The van der Waals surface area contributed by atoms with E-state index in [9.17, 15) is 14.4 Å². The van der Waals surface area contributed by atoms with Crippen LogP contribution in [0.3, 0.4) is 0 Å². The first-order valence-corrected chi connectivity index (χ1v) is 7.56. The van der Waals surface area contributed by atoms with Gasteiger partial charge in [-0.05, 0) is 31.5 Å². The standard InChI is InChI=1S/C18H17NO5/c1-10-13-6-4-5-7-14(13)17(21)19(16(10)20)9-12-8-15(11(2)24-12)18(22)23-3/h4-8,10H,9H2,1-3H3. The van der Waals surface area contributed by atoms with E-state index in [1.54, 1.807) is 32.0 Å². The van der Waals surface area contributed by atoms with E-state index in [0.717, 1.165) is 10.5 Å². The number of hydrogen-bond donors (Lipinski definition) is 0. The summed E-state index contributed by atoms with van der Waals surface area (Å²) in [7, 11) is 1.28. The van der Waals surface area contributed by atoms with Crippen LogP contribution in [0.1, 0.15) is 50.6 Å². The zero-order valence-corrected chi connectivity index (χ0v) is 13.7. The molecule has 2 heterocycles. The molecule has 0 fully saturated rings. The van der Waals surface area contributed by atoms with E-state index in [-0.39, 0.29) is 23.9 Å². The number of carbonyl (C=O) groups excluding carboxylic acids is 3. The number of carbonyl (C=O) groups is 3. The number of benzene rings is 1. The Kier molecular flexibility index (Phi) is 3.97. The van der Waals surface area contributed by atoms with Crippen LogP contribution in [0.25, 0.3) is 0 Å². The number of ether oxygens (including phenoxy) is 1. The Morgan fingerprint density at radius 1 is 1.29 bits per heavy atom. The largest absolute Gasteiger partial charge is 0.465 e. The van der Waals surface area contributed by atoms with Crippen molar-refractivity contribution in [1.82, 2.24) is 4.90 Å². The predicted molar refractivity (Wildman–Crippen MR) is 84.5 cm³/mol. The molecule has 0 spiro atoms. The van der Waals surface area contributed by atoms with Crippen LogP contribution in [0.4, 0.5) is 0 Å². The minimum absolute atomic E-state index is 0.0197. The smallest absolute Gasteiger partial charge is 0.341 e. The van der Waals surface area contributed by atoms with Crippen molar-refractivity contribution in [3.8, 4) is 0 Å². The minimum Gasteiger partial charge on any atom is -0.465 e. The fourth-order valence-corrected chi connectivity index (χ4v) is 2.92. The van der Waals surface area contributed by atoms with Gasteiger partial charge >= 0.3 is 5.97 Å². The van der Waals surface area contributed by atoms with E-state index >= 15 is 0 Å². The highest BCUT2D eigenvalue weighted by Crippen LogP contribution is 2.30. The average Bonchev–Trinajstić information content (AvgIpc) is 2.96. The number of rotatable bonds is 3. The Morgan fingerprint density at radius 2 is 2.00 bits per heavy atom. The molecule has 124 valence electrons. The molecule has 24 heavy (non-hydrogen) atoms. The summed E-state index contributed by atoms with van der Waals surface area (Å²) < 4.78 is 10.2. The topological polar surface area (TPSA) is 76.8 Å². The zero-order chi connectivity index (χ0) is 17.4. The summed E-state index contributed by atoms with van der Waals surface area (Å²) in [4.78, 5) is 38.0. The van der Waals surface area contributed by atoms with Gasteiger partial charge in [-0.25, -0.2) is 4.79 Å². The van der Waals surface area contributed by atoms with E-state index in [1.165, 1.54) is 13.2 Å². The molecule has 0 aliphatic carbocycles. The van der Waals surface area contributed by atoms with Crippen molar-refractivity contribution in [2.24, 2.45) is 0 Å². The lowest BCUT2D eigenvalue weighted by molar-refractivity contribution is -0.131. The highest BCUT2D eigenvalue weighted by molar-refractivity contribution is 6.11. The Bertz CT molecular complexity index is 836. The van der Waals surface area contributed by atoms with E-state index in [1.807, 2.05) is 6.07 Å². The maximum Gasteiger partial charge on any atom is 0.341 e. The number of methoxy groups -OCH3 is 1. The van der Waals surface area contributed by atoms with Crippen LogP contribution >= 0.6 is 0 Å². The number of esters is 1. The molecule has 1 aliphatic heterocycles. The second-order valence-corrected chi connectivity index (χ2v) is 5.71. The van der Waals surface area contributed by atoms with Gasteiger partial charge in [0.1, 0.15) is 17.1 Å². The lowest BCUT2D eigenvalue weighted by Crippen LogP contribution is -2.43. The molecular weight excluding hydrogens is 310 g/mol. The summed E-state index contributed by atoms with van der Waals surface area (Å²) in [6.07, 6.45) is 0. The van der Waals surface area contributed by atoms with Crippen LogP contribution in [0, 0.1) is 6.92 Å². The van der Waals surface area contributed by atoms with Crippen molar-refractivity contribution in [1.29, 1.82) is 0 Å². The van der Waals surface area contributed by atoms with Gasteiger partial charge in [-0.15, -0.1) is 0 Å². The number of furan rings is 1. The Hall–Kier alpha value is -2.89. The van der Waals surface area contributed by atoms with Gasteiger partial charge in [0.2, 0.25) is 5.91 Å². The summed E-state index contributed by atoms with van der Waals surface area (Å²) >= 11 is 0. The molecule has 0 N–H and O–H groups in total.